The number of carboxylic acids is 1. The Kier molecular flexibility index (Phi) is 3.99. The van der Waals surface area contributed by atoms with Crippen LogP contribution in [0.25, 0.3) is 0 Å². The average Bonchev–Trinajstić information content (AvgIpc) is 2.79. The Morgan fingerprint density at radius 1 is 1.58 bits per heavy atom. The van der Waals surface area contributed by atoms with Crippen molar-refractivity contribution in [2.75, 3.05) is 24.3 Å². The lowest BCUT2D eigenvalue weighted by atomic mass is 10.1. The first-order valence-corrected chi connectivity index (χ1v) is 6.52. The number of carboxylic acid groups (broad SMARTS) is 1. The monoisotopic (exact) mass is 281 g/mol. The van der Waals surface area contributed by atoms with Gasteiger partial charge in [-0.15, -0.1) is 0 Å². The number of anilines is 1. The second-order valence-corrected chi connectivity index (χ2v) is 4.81. The molecule has 1 fully saturated rings. The maximum Gasteiger partial charge on any atom is 0.339 e. The molecule has 1 atom stereocenters. The summed E-state index contributed by atoms with van der Waals surface area (Å²) in [7, 11) is 1.41. The summed E-state index contributed by atoms with van der Waals surface area (Å²) < 4.78 is 5.06. The zero-order chi connectivity index (χ0) is 14.0. The number of nitrogens with zero attached hydrogens (tertiary/aromatic N) is 1. The Labute approximate surface area is 116 Å². The molecule has 2 rings (SSSR count). The predicted octanol–water partition coefficient (Wildman–Crippen LogP) is 1.68. The first-order valence-electron chi connectivity index (χ1n) is 5.89. The minimum atomic E-state index is -1.05. The molecule has 1 heterocycles. The maximum atomic E-state index is 11.9. The van der Waals surface area contributed by atoms with E-state index in [-0.39, 0.29) is 23.1 Å². The van der Waals surface area contributed by atoms with Crippen LogP contribution < -0.4 is 9.64 Å². The van der Waals surface area contributed by atoms with Crippen LogP contribution in [0.3, 0.4) is 0 Å². The highest BCUT2D eigenvalue weighted by atomic mass is 32.1. The average molecular weight is 281 g/mol. The highest BCUT2D eigenvalue weighted by molar-refractivity contribution is 7.80. The lowest BCUT2D eigenvalue weighted by Crippen LogP contribution is -2.24. The second kappa shape index (κ2) is 5.52. The number of carbonyl (C=O) groups is 2. The van der Waals surface area contributed by atoms with Gasteiger partial charge in [-0.25, -0.2) is 4.79 Å². The molecule has 0 saturated carbocycles. The standard InChI is InChI=1S/C13H15NO4S/c1-18-11-5-9(2-3-10(11)13(16)17)14-6-8(7-19)4-12(14)15/h2-3,5,8,19H,4,6-7H2,1H3,(H,16,17). The van der Waals surface area contributed by atoms with Gasteiger partial charge in [-0.2, -0.15) is 12.6 Å². The molecular formula is C13H15NO4S. The van der Waals surface area contributed by atoms with E-state index < -0.39 is 5.97 Å². The van der Waals surface area contributed by atoms with Crippen LogP contribution in [0, 0.1) is 5.92 Å². The minimum Gasteiger partial charge on any atom is -0.496 e. The molecule has 0 bridgehead atoms. The first kappa shape index (κ1) is 13.7. The number of hydrogen-bond acceptors (Lipinski definition) is 4. The summed E-state index contributed by atoms with van der Waals surface area (Å²) in [6.07, 6.45) is 0.479. The van der Waals surface area contributed by atoms with E-state index in [1.54, 1.807) is 17.0 Å². The van der Waals surface area contributed by atoms with Crippen LogP contribution in [0.4, 0.5) is 5.69 Å². The third-order valence-electron chi connectivity index (χ3n) is 3.19. The minimum absolute atomic E-state index is 0.0316. The molecule has 1 aliphatic heterocycles. The topological polar surface area (TPSA) is 66.8 Å². The molecule has 19 heavy (non-hydrogen) atoms. The number of hydrogen-bond donors (Lipinski definition) is 2. The van der Waals surface area contributed by atoms with Gasteiger partial charge in [-0.3, -0.25) is 4.79 Å². The van der Waals surface area contributed by atoms with E-state index >= 15 is 0 Å². The molecule has 102 valence electrons. The number of benzene rings is 1. The SMILES string of the molecule is COc1cc(N2CC(CS)CC2=O)ccc1C(=O)O. The van der Waals surface area contributed by atoms with Crippen molar-refractivity contribution >= 4 is 30.2 Å². The van der Waals surface area contributed by atoms with Gasteiger partial charge in [0, 0.05) is 24.7 Å². The van der Waals surface area contributed by atoms with E-state index in [4.69, 9.17) is 9.84 Å². The van der Waals surface area contributed by atoms with Crippen molar-refractivity contribution in [2.45, 2.75) is 6.42 Å². The molecule has 0 aromatic heterocycles. The number of aromatic carboxylic acids is 1. The fourth-order valence-electron chi connectivity index (χ4n) is 2.18. The number of thiol groups is 1. The van der Waals surface area contributed by atoms with Crippen molar-refractivity contribution in [3.8, 4) is 5.75 Å². The highest BCUT2D eigenvalue weighted by Gasteiger charge is 2.30. The highest BCUT2D eigenvalue weighted by Crippen LogP contribution is 2.30. The summed E-state index contributed by atoms with van der Waals surface area (Å²) in [5.74, 6) is 0.133. The third-order valence-corrected chi connectivity index (χ3v) is 3.71. The van der Waals surface area contributed by atoms with Crippen LogP contribution in [0.1, 0.15) is 16.8 Å². The van der Waals surface area contributed by atoms with E-state index in [9.17, 15) is 9.59 Å². The molecule has 0 spiro atoms. The van der Waals surface area contributed by atoms with Crippen LogP contribution in [-0.4, -0.2) is 36.4 Å². The molecule has 1 amide bonds. The number of ether oxygens (including phenoxy) is 1. The first-order chi connectivity index (χ1) is 9.06. The Hall–Kier alpha value is -1.69. The van der Waals surface area contributed by atoms with Crippen molar-refractivity contribution in [1.82, 2.24) is 0 Å². The van der Waals surface area contributed by atoms with Gasteiger partial charge in [0.25, 0.3) is 0 Å². The van der Waals surface area contributed by atoms with E-state index in [0.717, 1.165) is 0 Å². The lowest BCUT2D eigenvalue weighted by Gasteiger charge is -2.18. The number of amides is 1. The molecule has 1 unspecified atom stereocenters. The number of rotatable bonds is 4. The zero-order valence-electron chi connectivity index (χ0n) is 10.5. The summed E-state index contributed by atoms with van der Waals surface area (Å²) in [5, 5.41) is 9.01. The Bertz CT molecular complexity index is 517. The number of carbonyl (C=O) groups excluding carboxylic acids is 1. The molecule has 1 N–H and O–H groups in total. The maximum absolute atomic E-state index is 11.9. The second-order valence-electron chi connectivity index (χ2n) is 4.45. The molecule has 1 aliphatic rings. The van der Waals surface area contributed by atoms with Crippen molar-refractivity contribution < 1.29 is 19.4 Å². The molecule has 1 saturated heterocycles. The van der Waals surface area contributed by atoms with Gasteiger partial charge in [0.05, 0.1) is 7.11 Å². The van der Waals surface area contributed by atoms with Gasteiger partial charge in [-0.1, -0.05) is 0 Å². The summed E-state index contributed by atoms with van der Waals surface area (Å²) in [6.45, 7) is 0.609. The molecule has 6 heteroatoms. The van der Waals surface area contributed by atoms with Gasteiger partial charge in [0.15, 0.2) is 0 Å². The Balaban J connectivity index is 2.31. The molecule has 1 aromatic rings. The lowest BCUT2D eigenvalue weighted by molar-refractivity contribution is -0.117. The van der Waals surface area contributed by atoms with Crippen molar-refractivity contribution in [1.29, 1.82) is 0 Å². The summed E-state index contributed by atoms with van der Waals surface area (Å²) in [4.78, 5) is 24.6. The van der Waals surface area contributed by atoms with Crippen LogP contribution in [0.2, 0.25) is 0 Å². The van der Waals surface area contributed by atoms with E-state index in [0.29, 0.717) is 24.4 Å². The van der Waals surface area contributed by atoms with Crippen molar-refractivity contribution in [3.05, 3.63) is 23.8 Å². The van der Waals surface area contributed by atoms with Crippen molar-refractivity contribution in [3.63, 3.8) is 0 Å². The molecular weight excluding hydrogens is 266 g/mol. The Morgan fingerprint density at radius 2 is 2.32 bits per heavy atom. The molecule has 0 aliphatic carbocycles. The summed E-state index contributed by atoms with van der Waals surface area (Å²) in [6, 6.07) is 4.67. The zero-order valence-corrected chi connectivity index (χ0v) is 11.4. The predicted molar refractivity (Wildman–Crippen MR) is 74.3 cm³/mol. The van der Waals surface area contributed by atoms with Gasteiger partial charge in [-0.05, 0) is 23.8 Å². The smallest absolute Gasteiger partial charge is 0.339 e. The van der Waals surface area contributed by atoms with Gasteiger partial charge >= 0.3 is 5.97 Å². The van der Waals surface area contributed by atoms with Gasteiger partial charge < -0.3 is 14.7 Å². The van der Waals surface area contributed by atoms with Crippen LogP contribution >= 0.6 is 12.6 Å². The fourth-order valence-corrected chi connectivity index (χ4v) is 2.42. The quantitative estimate of drug-likeness (QED) is 0.824. The third kappa shape index (κ3) is 2.68. The normalized spacial score (nSPS) is 18.7. The Morgan fingerprint density at radius 3 is 2.84 bits per heavy atom. The summed E-state index contributed by atoms with van der Waals surface area (Å²) in [5.41, 5.74) is 0.750. The van der Waals surface area contributed by atoms with Crippen LogP contribution in [-0.2, 0) is 4.79 Å². The molecule has 5 nitrogen and oxygen atoms in total. The summed E-state index contributed by atoms with van der Waals surface area (Å²) >= 11 is 4.21. The number of methoxy groups -OCH3 is 1. The largest absolute Gasteiger partial charge is 0.496 e. The van der Waals surface area contributed by atoms with E-state index in [2.05, 4.69) is 12.6 Å². The van der Waals surface area contributed by atoms with Gasteiger partial charge in [0.2, 0.25) is 5.91 Å². The van der Waals surface area contributed by atoms with E-state index in [1.165, 1.54) is 13.2 Å². The molecule has 1 aromatic carbocycles. The fraction of sp³-hybridized carbons (Fsp3) is 0.385. The van der Waals surface area contributed by atoms with Gasteiger partial charge in [0.1, 0.15) is 11.3 Å². The van der Waals surface area contributed by atoms with E-state index in [1.807, 2.05) is 0 Å². The van der Waals surface area contributed by atoms with Crippen LogP contribution in [0.15, 0.2) is 18.2 Å². The molecule has 0 radical (unpaired) electrons. The van der Waals surface area contributed by atoms with Crippen molar-refractivity contribution in [2.24, 2.45) is 5.92 Å². The van der Waals surface area contributed by atoms with Crippen LogP contribution in [0.5, 0.6) is 5.75 Å².